The lowest BCUT2D eigenvalue weighted by molar-refractivity contribution is -0.124. The van der Waals surface area contributed by atoms with Crippen LogP contribution in [0.2, 0.25) is 0 Å². The second-order valence-electron chi connectivity index (χ2n) is 5.46. The Morgan fingerprint density at radius 2 is 2.05 bits per heavy atom. The summed E-state index contributed by atoms with van der Waals surface area (Å²) in [5.41, 5.74) is 0.991. The van der Waals surface area contributed by atoms with Gasteiger partial charge in [0, 0.05) is 12.6 Å². The lowest BCUT2D eigenvalue weighted by atomic mass is 9.99. The van der Waals surface area contributed by atoms with Crippen molar-refractivity contribution in [3.05, 3.63) is 23.8 Å². The zero-order valence-electron chi connectivity index (χ0n) is 12.9. The highest BCUT2D eigenvalue weighted by Gasteiger charge is 2.23. The maximum absolute atomic E-state index is 12.2. The number of carbonyl (C=O) groups is 1. The van der Waals surface area contributed by atoms with E-state index in [1.807, 2.05) is 18.2 Å². The van der Waals surface area contributed by atoms with Crippen LogP contribution in [0.15, 0.2) is 18.2 Å². The molecule has 0 saturated carbocycles. The molecule has 5 heteroatoms. The summed E-state index contributed by atoms with van der Waals surface area (Å²) < 4.78 is 10.5. The molecule has 2 unspecified atom stereocenters. The summed E-state index contributed by atoms with van der Waals surface area (Å²) >= 11 is 0. The van der Waals surface area contributed by atoms with Gasteiger partial charge in [0.15, 0.2) is 11.5 Å². The van der Waals surface area contributed by atoms with Gasteiger partial charge < -0.3 is 20.1 Å². The van der Waals surface area contributed by atoms with E-state index >= 15 is 0 Å². The molecule has 2 atom stereocenters. The molecule has 0 aromatic heterocycles. The Hall–Kier alpha value is -1.75. The minimum atomic E-state index is -0.0751. The fourth-order valence-electron chi connectivity index (χ4n) is 2.65. The molecule has 0 aliphatic carbocycles. The van der Waals surface area contributed by atoms with Gasteiger partial charge in [0.2, 0.25) is 5.91 Å². The summed E-state index contributed by atoms with van der Waals surface area (Å²) in [5, 5.41) is 6.32. The van der Waals surface area contributed by atoms with E-state index in [2.05, 4.69) is 17.6 Å². The molecule has 0 spiro atoms. The molecule has 5 nitrogen and oxygen atoms in total. The van der Waals surface area contributed by atoms with Crippen molar-refractivity contribution in [2.45, 2.75) is 44.8 Å². The molecule has 21 heavy (non-hydrogen) atoms. The Bertz CT molecular complexity index is 490. The molecule has 1 aromatic rings. The molecule has 1 aromatic carbocycles. The van der Waals surface area contributed by atoms with Crippen molar-refractivity contribution >= 4 is 5.91 Å². The maximum Gasteiger partial charge on any atom is 0.237 e. The second kappa shape index (κ2) is 7.31. The third-order valence-electron chi connectivity index (χ3n) is 3.85. The normalized spacial score (nSPS) is 21.7. The average molecular weight is 292 g/mol. The van der Waals surface area contributed by atoms with Gasteiger partial charge in [-0.3, -0.25) is 4.79 Å². The zero-order valence-corrected chi connectivity index (χ0v) is 12.9. The van der Waals surface area contributed by atoms with Crippen molar-refractivity contribution in [2.24, 2.45) is 0 Å². The van der Waals surface area contributed by atoms with E-state index < -0.39 is 0 Å². The number of benzene rings is 1. The lowest BCUT2D eigenvalue weighted by Gasteiger charge is -2.27. The van der Waals surface area contributed by atoms with Crippen LogP contribution in [0.4, 0.5) is 0 Å². The Labute approximate surface area is 126 Å². The van der Waals surface area contributed by atoms with Crippen LogP contribution < -0.4 is 20.1 Å². The summed E-state index contributed by atoms with van der Waals surface area (Å²) in [7, 11) is 3.21. The van der Waals surface area contributed by atoms with E-state index in [1.165, 1.54) is 0 Å². The van der Waals surface area contributed by atoms with Gasteiger partial charge in [0.05, 0.1) is 20.3 Å². The third-order valence-corrected chi connectivity index (χ3v) is 3.85. The molecule has 0 radical (unpaired) electrons. The second-order valence-corrected chi connectivity index (χ2v) is 5.46. The first-order valence-corrected chi connectivity index (χ1v) is 7.38. The van der Waals surface area contributed by atoms with Crippen molar-refractivity contribution in [1.82, 2.24) is 10.6 Å². The molecule has 2 rings (SSSR count). The molecule has 1 aliphatic heterocycles. The topological polar surface area (TPSA) is 59.6 Å². The molecule has 2 N–H and O–H groups in total. The summed E-state index contributed by atoms with van der Waals surface area (Å²) in [5.74, 6) is 1.43. The van der Waals surface area contributed by atoms with Gasteiger partial charge >= 0.3 is 0 Å². The van der Waals surface area contributed by atoms with Crippen LogP contribution in [0.3, 0.4) is 0 Å². The number of nitrogens with one attached hydrogen (secondary N) is 2. The summed E-state index contributed by atoms with van der Waals surface area (Å²) in [6.07, 6.45) is 3.14. The van der Waals surface area contributed by atoms with E-state index in [9.17, 15) is 4.79 Å². The molecule has 1 saturated heterocycles. The molecule has 0 bridgehead atoms. The van der Waals surface area contributed by atoms with Crippen LogP contribution in [0, 0.1) is 0 Å². The van der Waals surface area contributed by atoms with Crippen molar-refractivity contribution in [1.29, 1.82) is 0 Å². The van der Waals surface area contributed by atoms with Crippen molar-refractivity contribution in [3.63, 3.8) is 0 Å². The van der Waals surface area contributed by atoms with E-state index in [0.717, 1.165) is 24.8 Å². The number of amides is 1. The molecule has 1 aliphatic rings. The molecule has 116 valence electrons. The third kappa shape index (κ3) is 4.11. The van der Waals surface area contributed by atoms with Gasteiger partial charge in [-0.25, -0.2) is 0 Å². The molecule has 1 heterocycles. The van der Waals surface area contributed by atoms with Gasteiger partial charge in [0.25, 0.3) is 0 Å². The predicted octanol–water partition coefficient (Wildman–Crippen LogP) is 1.85. The highest BCUT2D eigenvalue weighted by atomic mass is 16.5. The quantitative estimate of drug-likeness (QED) is 0.869. The number of carbonyl (C=O) groups excluding carboxylic acids is 1. The van der Waals surface area contributed by atoms with Gasteiger partial charge in [-0.15, -0.1) is 0 Å². The van der Waals surface area contributed by atoms with E-state index in [4.69, 9.17) is 9.47 Å². The van der Waals surface area contributed by atoms with Crippen molar-refractivity contribution in [3.8, 4) is 11.5 Å². The molecule has 1 fully saturated rings. The SMILES string of the molecule is COc1ccc(CNC(=O)C2CCCC(C)N2)cc1OC. The molecule has 1 amide bonds. The fourth-order valence-corrected chi connectivity index (χ4v) is 2.65. The van der Waals surface area contributed by atoms with Crippen LogP contribution in [-0.2, 0) is 11.3 Å². The summed E-state index contributed by atoms with van der Waals surface area (Å²) in [6.45, 7) is 2.61. The summed E-state index contributed by atoms with van der Waals surface area (Å²) in [6, 6.07) is 6.00. The number of hydrogen-bond acceptors (Lipinski definition) is 4. The number of ether oxygens (including phenoxy) is 2. The highest BCUT2D eigenvalue weighted by Crippen LogP contribution is 2.27. The Morgan fingerprint density at radius 3 is 2.71 bits per heavy atom. The standard InChI is InChI=1S/C16H24N2O3/c1-11-5-4-6-13(18-11)16(19)17-10-12-7-8-14(20-2)15(9-12)21-3/h7-9,11,13,18H,4-6,10H2,1-3H3,(H,17,19). The lowest BCUT2D eigenvalue weighted by Crippen LogP contribution is -2.49. The number of piperidine rings is 1. The minimum Gasteiger partial charge on any atom is -0.493 e. The van der Waals surface area contributed by atoms with Crippen LogP contribution in [0.5, 0.6) is 11.5 Å². The van der Waals surface area contributed by atoms with Crippen molar-refractivity contribution in [2.75, 3.05) is 14.2 Å². The Kier molecular flexibility index (Phi) is 5.44. The first-order valence-electron chi connectivity index (χ1n) is 7.38. The van der Waals surface area contributed by atoms with Crippen LogP contribution in [-0.4, -0.2) is 32.2 Å². The minimum absolute atomic E-state index is 0.0661. The van der Waals surface area contributed by atoms with Crippen LogP contribution >= 0.6 is 0 Å². The van der Waals surface area contributed by atoms with Gasteiger partial charge in [-0.05, 0) is 43.9 Å². The maximum atomic E-state index is 12.2. The molecular weight excluding hydrogens is 268 g/mol. The van der Waals surface area contributed by atoms with E-state index in [0.29, 0.717) is 24.1 Å². The van der Waals surface area contributed by atoms with E-state index in [-0.39, 0.29) is 11.9 Å². The largest absolute Gasteiger partial charge is 0.493 e. The highest BCUT2D eigenvalue weighted by molar-refractivity contribution is 5.81. The Balaban J connectivity index is 1.91. The fraction of sp³-hybridized carbons (Fsp3) is 0.562. The van der Waals surface area contributed by atoms with Crippen LogP contribution in [0.1, 0.15) is 31.7 Å². The van der Waals surface area contributed by atoms with Gasteiger partial charge in [0.1, 0.15) is 0 Å². The first kappa shape index (κ1) is 15.6. The number of hydrogen-bond donors (Lipinski definition) is 2. The van der Waals surface area contributed by atoms with Gasteiger partial charge in [-0.2, -0.15) is 0 Å². The van der Waals surface area contributed by atoms with Crippen LogP contribution in [0.25, 0.3) is 0 Å². The van der Waals surface area contributed by atoms with Gasteiger partial charge in [-0.1, -0.05) is 6.07 Å². The summed E-state index contributed by atoms with van der Waals surface area (Å²) in [4.78, 5) is 12.2. The predicted molar refractivity (Wildman–Crippen MR) is 81.6 cm³/mol. The monoisotopic (exact) mass is 292 g/mol. The number of methoxy groups -OCH3 is 2. The average Bonchev–Trinajstić information content (AvgIpc) is 2.52. The zero-order chi connectivity index (χ0) is 15.2. The van der Waals surface area contributed by atoms with E-state index in [1.54, 1.807) is 14.2 Å². The van der Waals surface area contributed by atoms with Crippen molar-refractivity contribution < 1.29 is 14.3 Å². The number of rotatable bonds is 5. The first-order chi connectivity index (χ1) is 10.1. The Morgan fingerprint density at radius 1 is 1.29 bits per heavy atom. The molecular formula is C16H24N2O3. The smallest absolute Gasteiger partial charge is 0.237 e.